The Hall–Kier alpha value is -2.38. The van der Waals surface area contributed by atoms with E-state index in [2.05, 4.69) is 20.5 Å². The highest BCUT2D eigenvalue weighted by Gasteiger charge is 2.22. The molecule has 1 atom stereocenters. The van der Waals surface area contributed by atoms with Crippen LogP contribution in [0.1, 0.15) is 20.3 Å². The number of tetrazole rings is 1. The first-order valence-corrected chi connectivity index (χ1v) is 6.58. The number of rotatable bonds is 6. The van der Waals surface area contributed by atoms with Gasteiger partial charge in [0, 0.05) is 0 Å². The first-order chi connectivity index (χ1) is 9.97. The van der Waals surface area contributed by atoms with Crippen molar-refractivity contribution in [2.24, 2.45) is 11.8 Å². The fourth-order valence-electron chi connectivity index (χ4n) is 2.05. The van der Waals surface area contributed by atoms with E-state index in [-0.39, 0.29) is 12.5 Å². The summed E-state index contributed by atoms with van der Waals surface area (Å²) in [5.74, 6) is -1.37. The highest BCUT2D eigenvalue weighted by atomic mass is 19.1. The molecule has 2 aromatic rings. The predicted molar refractivity (Wildman–Crippen MR) is 71.6 cm³/mol. The molecule has 1 unspecified atom stereocenters. The van der Waals surface area contributed by atoms with E-state index in [1.807, 2.05) is 13.8 Å². The maximum atomic E-state index is 12.9. The van der Waals surface area contributed by atoms with Crippen LogP contribution < -0.4 is 0 Å². The Morgan fingerprint density at radius 3 is 2.76 bits per heavy atom. The van der Waals surface area contributed by atoms with Crippen molar-refractivity contribution in [3.63, 3.8) is 0 Å². The fraction of sp³-hybridized carbons (Fsp3) is 0.462. The lowest BCUT2D eigenvalue weighted by Crippen LogP contribution is -2.23. The fourth-order valence-corrected chi connectivity index (χ4v) is 2.05. The molecule has 0 saturated heterocycles. The lowest BCUT2D eigenvalue weighted by Gasteiger charge is -2.14. The Bertz CT molecular complexity index is 611. The van der Waals surface area contributed by atoms with Gasteiger partial charge in [-0.3, -0.25) is 4.79 Å². The second kappa shape index (κ2) is 6.38. The number of carbonyl (C=O) groups is 1. The maximum absolute atomic E-state index is 12.9. The van der Waals surface area contributed by atoms with Gasteiger partial charge in [-0.25, -0.2) is 14.1 Å². The van der Waals surface area contributed by atoms with Crippen molar-refractivity contribution in [3.8, 4) is 11.5 Å². The van der Waals surface area contributed by atoms with Crippen LogP contribution in [0.15, 0.2) is 18.3 Å². The molecule has 0 bridgehead atoms. The van der Waals surface area contributed by atoms with Gasteiger partial charge in [0.2, 0.25) is 5.82 Å². The minimum Gasteiger partial charge on any atom is -0.481 e. The van der Waals surface area contributed by atoms with Crippen LogP contribution in [-0.4, -0.2) is 36.3 Å². The van der Waals surface area contributed by atoms with E-state index in [1.54, 1.807) is 0 Å². The number of hydrogen-bond donors (Lipinski definition) is 1. The van der Waals surface area contributed by atoms with Crippen LogP contribution in [0.4, 0.5) is 4.39 Å². The third-order valence-electron chi connectivity index (χ3n) is 2.99. The number of nitrogens with zero attached hydrogens (tertiary/aromatic N) is 5. The molecular weight excluding hydrogens is 277 g/mol. The smallest absolute Gasteiger partial charge is 0.308 e. The zero-order valence-corrected chi connectivity index (χ0v) is 11.8. The van der Waals surface area contributed by atoms with Crippen LogP contribution in [0.5, 0.6) is 0 Å². The first kappa shape index (κ1) is 15.0. The molecule has 0 aliphatic heterocycles. The van der Waals surface area contributed by atoms with Crippen molar-refractivity contribution in [1.82, 2.24) is 25.2 Å². The second-order valence-corrected chi connectivity index (χ2v) is 5.21. The number of carboxylic acid groups (broad SMARTS) is 1. The second-order valence-electron chi connectivity index (χ2n) is 5.21. The van der Waals surface area contributed by atoms with Gasteiger partial charge in [-0.15, -0.1) is 5.10 Å². The van der Waals surface area contributed by atoms with E-state index in [4.69, 9.17) is 0 Å². The van der Waals surface area contributed by atoms with E-state index in [0.29, 0.717) is 17.9 Å². The van der Waals surface area contributed by atoms with E-state index in [0.717, 1.165) is 6.20 Å². The van der Waals surface area contributed by atoms with E-state index in [9.17, 15) is 14.3 Å². The SMILES string of the molecule is CC(C)CC(Cn1nnnc1-c1ccc(F)cn1)C(=O)O. The summed E-state index contributed by atoms with van der Waals surface area (Å²) in [6.45, 7) is 4.06. The van der Waals surface area contributed by atoms with Crippen LogP contribution in [-0.2, 0) is 11.3 Å². The Kier molecular flexibility index (Phi) is 4.56. The van der Waals surface area contributed by atoms with Crippen molar-refractivity contribution in [3.05, 3.63) is 24.1 Å². The lowest BCUT2D eigenvalue weighted by molar-refractivity contribution is -0.142. The van der Waals surface area contributed by atoms with Crippen molar-refractivity contribution in [2.75, 3.05) is 0 Å². The van der Waals surface area contributed by atoms with Crippen molar-refractivity contribution < 1.29 is 14.3 Å². The molecule has 21 heavy (non-hydrogen) atoms. The molecule has 0 aliphatic carbocycles. The quantitative estimate of drug-likeness (QED) is 0.869. The van der Waals surface area contributed by atoms with Gasteiger partial charge in [-0.05, 0) is 34.9 Å². The monoisotopic (exact) mass is 293 g/mol. The Morgan fingerprint density at radius 2 is 2.19 bits per heavy atom. The summed E-state index contributed by atoms with van der Waals surface area (Å²) in [6.07, 6.45) is 1.59. The number of carboxylic acids is 1. The molecule has 0 saturated carbocycles. The summed E-state index contributed by atoms with van der Waals surface area (Å²) in [7, 11) is 0. The van der Waals surface area contributed by atoms with Gasteiger partial charge in [0.1, 0.15) is 11.5 Å². The average Bonchev–Trinajstić information content (AvgIpc) is 2.86. The Labute approximate surface area is 120 Å². The highest BCUT2D eigenvalue weighted by molar-refractivity contribution is 5.70. The van der Waals surface area contributed by atoms with Crippen molar-refractivity contribution >= 4 is 5.97 Å². The summed E-state index contributed by atoms with van der Waals surface area (Å²) in [5.41, 5.74) is 0.398. The number of halogens is 1. The molecule has 8 heteroatoms. The molecule has 7 nitrogen and oxygen atoms in total. The normalized spacial score (nSPS) is 12.6. The van der Waals surface area contributed by atoms with Gasteiger partial charge in [-0.2, -0.15) is 0 Å². The standard InChI is InChI=1S/C13H16FN5O2/c1-8(2)5-9(13(20)21)7-19-12(16-17-18-19)11-4-3-10(14)6-15-11/h3-4,6,8-9H,5,7H2,1-2H3,(H,20,21). The van der Waals surface area contributed by atoms with Crippen LogP contribution in [0.25, 0.3) is 11.5 Å². The van der Waals surface area contributed by atoms with Gasteiger partial charge in [-0.1, -0.05) is 13.8 Å². The molecule has 2 heterocycles. The van der Waals surface area contributed by atoms with Crippen LogP contribution in [0.2, 0.25) is 0 Å². The van der Waals surface area contributed by atoms with Gasteiger partial charge in [0.05, 0.1) is 18.7 Å². The third-order valence-corrected chi connectivity index (χ3v) is 2.99. The third kappa shape index (κ3) is 3.80. The molecule has 0 radical (unpaired) electrons. The topological polar surface area (TPSA) is 93.8 Å². The number of hydrogen-bond acceptors (Lipinski definition) is 5. The molecule has 2 aromatic heterocycles. The Balaban J connectivity index is 2.23. The highest BCUT2D eigenvalue weighted by Crippen LogP contribution is 2.18. The molecule has 0 aromatic carbocycles. The van der Waals surface area contributed by atoms with Crippen molar-refractivity contribution in [1.29, 1.82) is 0 Å². The minimum absolute atomic E-state index is 0.148. The number of pyridine rings is 1. The molecule has 0 fully saturated rings. The van der Waals surface area contributed by atoms with E-state index < -0.39 is 17.7 Å². The lowest BCUT2D eigenvalue weighted by atomic mass is 9.97. The Morgan fingerprint density at radius 1 is 1.43 bits per heavy atom. The summed E-state index contributed by atoms with van der Waals surface area (Å²) < 4.78 is 14.3. The average molecular weight is 293 g/mol. The van der Waals surface area contributed by atoms with Crippen LogP contribution in [0.3, 0.4) is 0 Å². The molecular formula is C13H16FN5O2. The first-order valence-electron chi connectivity index (χ1n) is 6.58. The molecule has 0 spiro atoms. The van der Waals surface area contributed by atoms with E-state index >= 15 is 0 Å². The van der Waals surface area contributed by atoms with Gasteiger partial charge in [0.25, 0.3) is 0 Å². The molecule has 1 N–H and O–H groups in total. The van der Waals surface area contributed by atoms with Crippen LogP contribution >= 0.6 is 0 Å². The summed E-state index contributed by atoms with van der Waals surface area (Å²) in [4.78, 5) is 15.2. The maximum Gasteiger partial charge on any atom is 0.308 e. The van der Waals surface area contributed by atoms with E-state index in [1.165, 1.54) is 16.8 Å². The van der Waals surface area contributed by atoms with Crippen molar-refractivity contribution in [2.45, 2.75) is 26.8 Å². The van der Waals surface area contributed by atoms with Gasteiger partial charge >= 0.3 is 5.97 Å². The molecule has 0 aliphatic rings. The minimum atomic E-state index is -0.891. The molecule has 0 amide bonds. The zero-order valence-electron chi connectivity index (χ0n) is 11.8. The van der Waals surface area contributed by atoms with Crippen LogP contribution in [0, 0.1) is 17.7 Å². The summed E-state index contributed by atoms with van der Waals surface area (Å²) >= 11 is 0. The van der Waals surface area contributed by atoms with Gasteiger partial charge in [0.15, 0.2) is 0 Å². The number of aromatic nitrogens is 5. The number of aliphatic carboxylic acids is 1. The van der Waals surface area contributed by atoms with Gasteiger partial charge < -0.3 is 5.11 Å². The zero-order chi connectivity index (χ0) is 15.4. The predicted octanol–water partition coefficient (Wildman–Crippen LogP) is 1.62. The summed E-state index contributed by atoms with van der Waals surface area (Å²) in [6, 6.07) is 2.71. The largest absolute Gasteiger partial charge is 0.481 e. The summed E-state index contributed by atoms with van der Waals surface area (Å²) in [5, 5.41) is 20.5. The molecule has 112 valence electrons. The molecule has 2 rings (SSSR count).